The molecule has 3 nitrogen and oxygen atoms in total. The third-order valence-electron chi connectivity index (χ3n) is 3.07. The predicted octanol–water partition coefficient (Wildman–Crippen LogP) is 3.02. The van der Waals surface area contributed by atoms with Gasteiger partial charge in [-0.3, -0.25) is 4.79 Å². The Morgan fingerprint density at radius 3 is 2.67 bits per heavy atom. The summed E-state index contributed by atoms with van der Waals surface area (Å²) in [6, 6.07) is 6.55. The van der Waals surface area contributed by atoms with Crippen LogP contribution in [0, 0.1) is 13.8 Å². The van der Waals surface area contributed by atoms with Crippen molar-refractivity contribution in [2.45, 2.75) is 46.6 Å². The topological polar surface area (TPSA) is 41.1 Å². The van der Waals surface area contributed by atoms with Crippen molar-refractivity contribution in [1.82, 2.24) is 5.32 Å². The van der Waals surface area contributed by atoms with Crippen LogP contribution in [-0.4, -0.2) is 18.5 Å². The Balaban J connectivity index is 2.35. The molecule has 100 valence electrons. The summed E-state index contributed by atoms with van der Waals surface area (Å²) < 4.78 is 0. The van der Waals surface area contributed by atoms with Gasteiger partial charge in [-0.15, -0.1) is 0 Å². The molecule has 1 unspecified atom stereocenters. The molecular formula is C15H24N2O. The van der Waals surface area contributed by atoms with E-state index in [1.807, 2.05) is 6.92 Å². The number of amides is 1. The number of hydrogen-bond acceptors (Lipinski definition) is 2. The predicted molar refractivity (Wildman–Crippen MR) is 76.9 cm³/mol. The lowest BCUT2D eigenvalue weighted by atomic mass is 10.1. The van der Waals surface area contributed by atoms with E-state index >= 15 is 0 Å². The second-order valence-corrected chi connectivity index (χ2v) is 4.87. The Labute approximate surface area is 110 Å². The Hall–Kier alpha value is -1.51. The summed E-state index contributed by atoms with van der Waals surface area (Å²) in [4.78, 5) is 11.6. The Kier molecular flexibility index (Phi) is 5.69. The highest BCUT2D eigenvalue weighted by Gasteiger charge is 2.05. The second kappa shape index (κ2) is 7.04. The molecule has 0 aliphatic heterocycles. The highest BCUT2D eigenvalue weighted by Crippen LogP contribution is 2.15. The van der Waals surface area contributed by atoms with Crippen molar-refractivity contribution in [2.24, 2.45) is 0 Å². The lowest BCUT2D eigenvalue weighted by Gasteiger charge is -2.13. The molecule has 0 aromatic heterocycles. The molecule has 1 aromatic rings. The first-order valence-electron chi connectivity index (χ1n) is 6.63. The first kappa shape index (κ1) is 14.6. The standard InChI is InChI=1S/C15H24N2O/c1-5-13(4)17-15(18)8-9-16-14-7-6-11(2)10-12(14)3/h6-7,10,13,16H,5,8-9H2,1-4H3,(H,17,18). The molecule has 3 heteroatoms. The monoisotopic (exact) mass is 248 g/mol. The van der Waals surface area contributed by atoms with Crippen LogP contribution in [0.25, 0.3) is 0 Å². The van der Waals surface area contributed by atoms with Gasteiger partial charge in [-0.25, -0.2) is 0 Å². The second-order valence-electron chi connectivity index (χ2n) is 4.87. The van der Waals surface area contributed by atoms with Gasteiger partial charge in [0.25, 0.3) is 0 Å². The lowest BCUT2D eigenvalue weighted by molar-refractivity contribution is -0.121. The molecule has 0 heterocycles. The average Bonchev–Trinajstić information content (AvgIpc) is 2.31. The summed E-state index contributed by atoms with van der Waals surface area (Å²) in [6.45, 7) is 8.92. The van der Waals surface area contributed by atoms with E-state index in [4.69, 9.17) is 0 Å². The molecular weight excluding hydrogens is 224 g/mol. The highest BCUT2D eigenvalue weighted by molar-refractivity contribution is 5.76. The normalized spacial score (nSPS) is 12.0. The van der Waals surface area contributed by atoms with Gasteiger partial charge in [0.1, 0.15) is 0 Å². The van der Waals surface area contributed by atoms with E-state index in [1.165, 1.54) is 11.1 Å². The molecule has 0 radical (unpaired) electrons. The number of anilines is 1. The zero-order chi connectivity index (χ0) is 13.5. The molecule has 0 aliphatic rings. The first-order chi connectivity index (χ1) is 8.52. The van der Waals surface area contributed by atoms with Crippen molar-refractivity contribution >= 4 is 11.6 Å². The molecule has 0 fully saturated rings. The molecule has 0 bridgehead atoms. The van der Waals surface area contributed by atoms with Crippen molar-refractivity contribution in [1.29, 1.82) is 0 Å². The van der Waals surface area contributed by atoms with Gasteiger partial charge in [0, 0.05) is 24.7 Å². The summed E-state index contributed by atoms with van der Waals surface area (Å²) in [6.07, 6.45) is 1.48. The number of aryl methyl sites for hydroxylation is 2. The minimum absolute atomic E-state index is 0.113. The van der Waals surface area contributed by atoms with Crippen molar-refractivity contribution < 1.29 is 4.79 Å². The van der Waals surface area contributed by atoms with Gasteiger partial charge in [0.15, 0.2) is 0 Å². The van der Waals surface area contributed by atoms with E-state index in [0.717, 1.165) is 12.1 Å². The smallest absolute Gasteiger partial charge is 0.221 e. The summed E-state index contributed by atoms with van der Waals surface area (Å²) in [5.41, 5.74) is 3.59. The maximum Gasteiger partial charge on any atom is 0.221 e. The fraction of sp³-hybridized carbons (Fsp3) is 0.533. The van der Waals surface area contributed by atoms with Gasteiger partial charge in [0.2, 0.25) is 5.91 Å². The number of hydrogen-bond donors (Lipinski definition) is 2. The Bertz CT molecular complexity index is 401. The van der Waals surface area contributed by atoms with Crippen LogP contribution in [0.4, 0.5) is 5.69 Å². The van der Waals surface area contributed by atoms with Gasteiger partial charge in [-0.05, 0) is 38.8 Å². The van der Waals surface area contributed by atoms with Crippen molar-refractivity contribution in [3.63, 3.8) is 0 Å². The molecule has 1 rings (SSSR count). The van der Waals surface area contributed by atoms with Crippen molar-refractivity contribution in [2.75, 3.05) is 11.9 Å². The first-order valence-corrected chi connectivity index (χ1v) is 6.63. The fourth-order valence-corrected chi connectivity index (χ4v) is 1.77. The number of carbonyl (C=O) groups excluding carboxylic acids is 1. The van der Waals surface area contributed by atoms with Gasteiger partial charge in [0.05, 0.1) is 0 Å². The number of rotatable bonds is 6. The van der Waals surface area contributed by atoms with Crippen LogP contribution in [0.3, 0.4) is 0 Å². The molecule has 0 saturated heterocycles. The molecule has 1 atom stereocenters. The third-order valence-corrected chi connectivity index (χ3v) is 3.07. The van der Waals surface area contributed by atoms with E-state index in [9.17, 15) is 4.79 Å². The summed E-state index contributed by atoms with van der Waals surface area (Å²) in [7, 11) is 0. The number of nitrogens with one attached hydrogen (secondary N) is 2. The summed E-state index contributed by atoms with van der Waals surface area (Å²) >= 11 is 0. The van der Waals surface area contributed by atoms with E-state index in [-0.39, 0.29) is 11.9 Å². The third kappa shape index (κ3) is 4.78. The van der Waals surface area contributed by atoms with Crippen LogP contribution in [0.1, 0.15) is 37.8 Å². The van der Waals surface area contributed by atoms with Gasteiger partial charge < -0.3 is 10.6 Å². The average molecular weight is 248 g/mol. The largest absolute Gasteiger partial charge is 0.384 e. The molecule has 1 amide bonds. The van der Waals surface area contributed by atoms with E-state index < -0.39 is 0 Å². The SMILES string of the molecule is CCC(C)NC(=O)CCNc1ccc(C)cc1C. The van der Waals surface area contributed by atoms with Crippen LogP contribution in [0.15, 0.2) is 18.2 Å². The van der Waals surface area contributed by atoms with Crippen molar-refractivity contribution in [3.8, 4) is 0 Å². The quantitative estimate of drug-likeness (QED) is 0.812. The zero-order valence-electron chi connectivity index (χ0n) is 11.8. The maximum absolute atomic E-state index is 11.6. The lowest BCUT2D eigenvalue weighted by Crippen LogP contribution is -2.32. The summed E-state index contributed by atoms with van der Waals surface area (Å²) in [5, 5.41) is 6.26. The molecule has 0 saturated carbocycles. The van der Waals surface area contributed by atoms with Crippen LogP contribution < -0.4 is 10.6 Å². The minimum atomic E-state index is 0.113. The minimum Gasteiger partial charge on any atom is -0.384 e. The van der Waals surface area contributed by atoms with Crippen LogP contribution in [-0.2, 0) is 4.79 Å². The van der Waals surface area contributed by atoms with E-state index in [0.29, 0.717) is 13.0 Å². The van der Waals surface area contributed by atoms with E-state index in [1.54, 1.807) is 0 Å². The van der Waals surface area contributed by atoms with Gasteiger partial charge in [-0.2, -0.15) is 0 Å². The number of benzene rings is 1. The molecule has 2 N–H and O–H groups in total. The van der Waals surface area contributed by atoms with Gasteiger partial charge >= 0.3 is 0 Å². The zero-order valence-corrected chi connectivity index (χ0v) is 11.8. The molecule has 0 spiro atoms. The Morgan fingerprint density at radius 2 is 2.06 bits per heavy atom. The number of carbonyl (C=O) groups is 1. The summed E-state index contributed by atoms with van der Waals surface area (Å²) in [5.74, 6) is 0.113. The van der Waals surface area contributed by atoms with Crippen LogP contribution in [0.2, 0.25) is 0 Å². The maximum atomic E-state index is 11.6. The van der Waals surface area contributed by atoms with Crippen LogP contribution in [0.5, 0.6) is 0 Å². The highest BCUT2D eigenvalue weighted by atomic mass is 16.1. The van der Waals surface area contributed by atoms with E-state index in [2.05, 4.69) is 49.6 Å². The Morgan fingerprint density at radius 1 is 1.33 bits per heavy atom. The molecule has 0 aliphatic carbocycles. The van der Waals surface area contributed by atoms with Crippen molar-refractivity contribution in [3.05, 3.63) is 29.3 Å². The fourth-order valence-electron chi connectivity index (χ4n) is 1.77. The molecule has 1 aromatic carbocycles. The molecule has 18 heavy (non-hydrogen) atoms. The van der Waals surface area contributed by atoms with Crippen LogP contribution >= 0.6 is 0 Å². The van der Waals surface area contributed by atoms with Gasteiger partial charge in [-0.1, -0.05) is 24.6 Å².